The molecule has 0 saturated carbocycles. The lowest BCUT2D eigenvalue weighted by Gasteiger charge is -2.19. The Kier molecular flexibility index (Phi) is 11.6. The highest BCUT2D eigenvalue weighted by atomic mass is 17.2. The highest BCUT2D eigenvalue weighted by Crippen LogP contribution is 2.08. The van der Waals surface area contributed by atoms with Crippen molar-refractivity contribution in [1.82, 2.24) is 0 Å². The van der Waals surface area contributed by atoms with Crippen LogP contribution >= 0.6 is 0 Å². The molecule has 21 heavy (non-hydrogen) atoms. The van der Waals surface area contributed by atoms with E-state index >= 15 is 0 Å². The maximum Gasteiger partial charge on any atom is 0.383 e. The van der Waals surface area contributed by atoms with E-state index < -0.39 is 5.97 Å². The van der Waals surface area contributed by atoms with Crippen molar-refractivity contribution in [2.45, 2.75) is 72.0 Å². The number of carbonyl (C=O) groups is 1. The average Bonchev–Trinajstić information content (AvgIpc) is 2.50. The summed E-state index contributed by atoms with van der Waals surface area (Å²) in [5.41, 5.74) is -0.0145. The fraction of sp³-hybridized carbons (Fsp3) is 0.750. The van der Waals surface area contributed by atoms with Crippen LogP contribution in [0.25, 0.3) is 0 Å². The Morgan fingerprint density at radius 1 is 1.29 bits per heavy atom. The number of ether oxygens (including phenoxy) is 1. The second-order valence-corrected chi connectivity index (χ2v) is 4.91. The molecule has 0 saturated heterocycles. The first-order valence-corrected chi connectivity index (χ1v) is 7.68. The first kappa shape index (κ1) is 19.6. The topological polar surface area (TPSA) is 68.6 Å². The molecule has 0 rings (SSSR count). The zero-order valence-electron chi connectivity index (χ0n) is 13.6. The maximum absolute atomic E-state index is 11.6. The molecule has 0 aromatic rings. The molecule has 0 aromatic carbocycles. The molecular formula is C16H27NO4. The summed E-state index contributed by atoms with van der Waals surface area (Å²) in [6.45, 7) is 8.21. The number of nitriles is 1. The second kappa shape index (κ2) is 12.4. The molecule has 120 valence electrons. The summed E-state index contributed by atoms with van der Waals surface area (Å²) >= 11 is 0. The summed E-state index contributed by atoms with van der Waals surface area (Å²) in [7, 11) is 0. The first-order chi connectivity index (χ1) is 10.1. The van der Waals surface area contributed by atoms with Crippen LogP contribution in [0.4, 0.5) is 0 Å². The van der Waals surface area contributed by atoms with Crippen molar-refractivity contribution >= 4 is 5.97 Å². The van der Waals surface area contributed by atoms with Gasteiger partial charge in [-0.15, -0.1) is 0 Å². The van der Waals surface area contributed by atoms with Crippen molar-refractivity contribution in [1.29, 1.82) is 5.26 Å². The van der Waals surface area contributed by atoms with Crippen molar-refractivity contribution in [3.05, 3.63) is 11.6 Å². The lowest BCUT2D eigenvalue weighted by atomic mass is 10.2. The molecule has 5 nitrogen and oxygen atoms in total. The molecule has 0 aliphatic rings. The van der Waals surface area contributed by atoms with Crippen molar-refractivity contribution in [3.63, 3.8) is 0 Å². The molecule has 0 aliphatic heterocycles. The van der Waals surface area contributed by atoms with Crippen molar-refractivity contribution < 1.29 is 19.3 Å². The summed E-state index contributed by atoms with van der Waals surface area (Å²) in [6.07, 6.45) is 5.89. The van der Waals surface area contributed by atoms with Gasteiger partial charge in [-0.3, -0.25) is 4.89 Å². The third-order valence-electron chi connectivity index (χ3n) is 3.09. The van der Waals surface area contributed by atoms with E-state index in [1.807, 2.05) is 33.8 Å². The minimum absolute atomic E-state index is 0.0145. The van der Waals surface area contributed by atoms with E-state index in [2.05, 4.69) is 4.89 Å². The Balaban J connectivity index is 4.16. The van der Waals surface area contributed by atoms with E-state index in [1.165, 1.54) is 0 Å². The summed E-state index contributed by atoms with van der Waals surface area (Å²) in [6, 6.07) is 1.83. The predicted molar refractivity (Wildman–Crippen MR) is 80.2 cm³/mol. The molecule has 0 fully saturated rings. The van der Waals surface area contributed by atoms with E-state index in [0.717, 1.165) is 25.7 Å². The first-order valence-electron chi connectivity index (χ1n) is 7.68. The number of carbonyl (C=O) groups excluding carboxylic acids is 1. The standard InChI is InChI=1S/C16H27NO4/c1-5-8-9-10-14(11-17)16(18)21-19-12-15(7-3)20-13(4)6-2/h10,13,15H,5-9,12H2,1-4H3. The Morgan fingerprint density at radius 2 is 2.00 bits per heavy atom. The van der Waals surface area contributed by atoms with E-state index in [1.54, 1.807) is 6.08 Å². The number of nitrogens with zero attached hydrogens (tertiary/aromatic N) is 1. The smallest absolute Gasteiger partial charge is 0.373 e. The van der Waals surface area contributed by atoms with Crippen LogP contribution < -0.4 is 0 Å². The third kappa shape index (κ3) is 9.22. The number of unbranched alkanes of at least 4 members (excludes halogenated alkanes) is 2. The molecule has 2 unspecified atom stereocenters. The van der Waals surface area contributed by atoms with Gasteiger partial charge in [0.2, 0.25) is 0 Å². The van der Waals surface area contributed by atoms with Crippen molar-refractivity contribution in [2.75, 3.05) is 6.61 Å². The van der Waals surface area contributed by atoms with Gasteiger partial charge in [-0.2, -0.15) is 10.1 Å². The normalized spacial score (nSPS) is 14.3. The van der Waals surface area contributed by atoms with Gasteiger partial charge < -0.3 is 4.74 Å². The number of rotatable bonds is 11. The van der Waals surface area contributed by atoms with Crippen LogP contribution in [0.2, 0.25) is 0 Å². The number of allylic oxidation sites excluding steroid dienone is 1. The van der Waals surface area contributed by atoms with Gasteiger partial charge in [-0.25, -0.2) is 4.79 Å². The minimum Gasteiger partial charge on any atom is -0.373 e. The summed E-state index contributed by atoms with van der Waals surface area (Å²) in [5.74, 6) is -0.744. The molecule has 0 amide bonds. The summed E-state index contributed by atoms with van der Waals surface area (Å²) in [5, 5.41) is 8.90. The number of hydrogen-bond acceptors (Lipinski definition) is 5. The van der Waals surface area contributed by atoms with Crippen LogP contribution in [0.1, 0.15) is 59.8 Å². The largest absolute Gasteiger partial charge is 0.383 e. The molecule has 0 aliphatic carbocycles. The van der Waals surface area contributed by atoms with Crippen molar-refractivity contribution in [2.24, 2.45) is 0 Å². The minimum atomic E-state index is -0.744. The zero-order chi connectivity index (χ0) is 16.1. The Labute approximate surface area is 127 Å². The molecular weight excluding hydrogens is 270 g/mol. The fourth-order valence-corrected chi connectivity index (χ4v) is 1.51. The van der Waals surface area contributed by atoms with E-state index in [0.29, 0.717) is 6.42 Å². The van der Waals surface area contributed by atoms with Gasteiger partial charge in [0, 0.05) is 0 Å². The van der Waals surface area contributed by atoms with Crippen molar-refractivity contribution in [3.8, 4) is 6.07 Å². The fourth-order valence-electron chi connectivity index (χ4n) is 1.51. The zero-order valence-corrected chi connectivity index (χ0v) is 13.6. The molecule has 0 spiro atoms. The van der Waals surface area contributed by atoms with Crippen LogP contribution in [0.5, 0.6) is 0 Å². The van der Waals surface area contributed by atoms with Gasteiger partial charge >= 0.3 is 5.97 Å². The molecule has 0 aromatic heterocycles. The van der Waals surface area contributed by atoms with Crippen LogP contribution in [-0.4, -0.2) is 24.8 Å². The second-order valence-electron chi connectivity index (χ2n) is 4.91. The lowest BCUT2D eigenvalue weighted by molar-refractivity contribution is -0.281. The maximum atomic E-state index is 11.6. The average molecular weight is 297 g/mol. The highest BCUT2D eigenvalue weighted by molar-refractivity contribution is 5.92. The van der Waals surface area contributed by atoms with Crippen LogP contribution in [0.15, 0.2) is 11.6 Å². The van der Waals surface area contributed by atoms with E-state index in [-0.39, 0.29) is 24.4 Å². The molecule has 0 bridgehead atoms. The predicted octanol–water partition coefficient (Wildman–Crippen LogP) is 3.70. The van der Waals surface area contributed by atoms with Gasteiger partial charge in [-0.05, 0) is 26.2 Å². The van der Waals surface area contributed by atoms with Crippen LogP contribution in [0.3, 0.4) is 0 Å². The van der Waals surface area contributed by atoms with Gasteiger partial charge in [0.25, 0.3) is 0 Å². The van der Waals surface area contributed by atoms with Gasteiger partial charge in [0.15, 0.2) is 0 Å². The molecule has 0 N–H and O–H groups in total. The van der Waals surface area contributed by atoms with Gasteiger partial charge in [0.1, 0.15) is 18.2 Å². The van der Waals surface area contributed by atoms with Gasteiger partial charge in [0.05, 0.1) is 12.2 Å². The monoisotopic (exact) mass is 297 g/mol. The Bertz CT molecular complexity index is 360. The summed E-state index contributed by atoms with van der Waals surface area (Å²) in [4.78, 5) is 21.2. The van der Waals surface area contributed by atoms with Crippen LogP contribution in [0, 0.1) is 11.3 Å². The van der Waals surface area contributed by atoms with Crippen LogP contribution in [-0.2, 0) is 19.3 Å². The highest BCUT2D eigenvalue weighted by Gasteiger charge is 2.15. The molecule has 0 heterocycles. The Morgan fingerprint density at radius 3 is 2.52 bits per heavy atom. The third-order valence-corrected chi connectivity index (χ3v) is 3.09. The molecule has 2 atom stereocenters. The Hall–Kier alpha value is -1.38. The summed E-state index contributed by atoms with van der Waals surface area (Å²) < 4.78 is 5.70. The van der Waals surface area contributed by atoms with E-state index in [9.17, 15) is 4.79 Å². The van der Waals surface area contributed by atoms with E-state index in [4.69, 9.17) is 14.9 Å². The SMILES string of the molecule is CCCCC=C(C#N)C(=O)OOCC(CC)OC(C)CC. The number of hydrogen-bond donors (Lipinski definition) is 0. The lowest BCUT2D eigenvalue weighted by Crippen LogP contribution is -2.24. The quantitative estimate of drug-likeness (QED) is 0.191. The molecule has 5 heteroatoms. The molecule has 0 radical (unpaired) electrons. The van der Waals surface area contributed by atoms with Gasteiger partial charge in [-0.1, -0.05) is 39.7 Å².